The van der Waals surface area contributed by atoms with Crippen molar-refractivity contribution in [2.45, 2.75) is 10.8 Å². The van der Waals surface area contributed by atoms with Crippen molar-refractivity contribution >= 4 is 17.1 Å². The summed E-state index contributed by atoms with van der Waals surface area (Å²) in [7, 11) is 0. The zero-order chi connectivity index (χ0) is 41.5. The molecule has 13 rings (SSSR count). The standard InChI is InChI=1S/C62H41N/c1-4-20-42(21-5-1)43-22-18-27-46(40-43)63(59-37-19-36-57-60(59)52-31-13-17-35-56(52)61(57,44-23-6-2-7-24-44)45-25-8-3-9-26-45)47-38-39-51-50-30-12-16-34-55(50)62(58(51)41-47)53-32-14-10-28-48(53)49-29-11-15-33-54(49)62/h1-41H. The predicted molar refractivity (Wildman–Crippen MR) is 260 cm³/mol. The largest absolute Gasteiger partial charge is 0.310 e. The second-order valence-corrected chi connectivity index (χ2v) is 17.1. The van der Waals surface area contributed by atoms with Gasteiger partial charge in [0, 0.05) is 16.9 Å². The van der Waals surface area contributed by atoms with Crippen LogP contribution in [0.1, 0.15) is 44.5 Å². The lowest BCUT2D eigenvalue weighted by Crippen LogP contribution is -2.28. The van der Waals surface area contributed by atoms with E-state index < -0.39 is 10.8 Å². The van der Waals surface area contributed by atoms with E-state index in [2.05, 4.69) is 254 Å². The monoisotopic (exact) mass is 799 g/mol. The van der Waals surface area contributed by atoms with Crippen LogP contribution in [0.5, 0.6) is 0 Å². The summed E-state index contributed by atoms with van der Waals surface area (Å²) in [6, 6.07) is 92.7. The van der Waals surface area contributed by atoms with Crippen LogP contribution in [-0.2, 0) is 10.8 Å². The number of anilines is 3. The normalized spacial score (nSPS) is 14.0. The van der Waals surface area contributed by atoms with E-state index in [9.17, 15) is 0 Å². The van der Waals surface area contributed by atoms with E-state index in [1.165, 1.54) is 89.0 Å². The van der Waals surface area contributed by atoms with Crippen molar-refractivity contribution in [3.8, 4) is 44.5 Å². The number of nitrogens with zero attached hydrogens (tertiary/aromatic N) is 1. The van der Waals surface area contributed by atoms with Gasteiger partial charge in [0.05, 0.1) is 16.5 Å². The Morgan fingerprint density at radius 1 is 0.254 bits per heavy atom. The Kier molecular flexibility index (Phi) is 7.80. The quantitative estimate of drug-likeness (QED) is 0.162. The molecule has 0 fully saturated rings. The average molecular weight is 800 g/mol. The van der Waals surface area contributed by atoms with Crippen molar-refractivity contribution < 1.29 is 0 Å². The van der Waals surface area contributed by atoms with Crippen LogP contribution in [0.15, 0.2) is 249 Å². The van der Waals surface area contributed by atoms with Gasteiger partial charge in [-0.3, -0.25) is 0 Å². The van der Waals surface area contributed by atoms with E-state index in [1.54, 1.807) is 0 Å². The fraction of sp³-hybridized carbons (Fsp3) is 0.0323. The first kappa shape index (κ1) is 35.7. The third-order valence-corrected chi connectivity index (χ3v) is 14.2. The molecule has 10 aromatic carbocycles. The van der Waals surface area contributed by atoms with Gasteiger partial charge >= 0.3 is 0 Å². The maximum Gasteiger partial charge on any atom is 0.0726 e. The number of hydrogen-bond donors (Lipinski definition) is 0. The number of fused-ring (bicyclic) bond motifs is 13. The Labute approximate surface area is 368 Å². The number of hydrogen-bond acceptors (Lipinski definition) is 1. The summed E-state index contributed by atoms with van der Waals surface area (Å²) < 4.78 is 0. The molecule has 3 aliphatic rings. The van der Waals surface area contributed by atoms with Crippen molar-refractivity contribution in [2.75, 3.05) is 4.90 Å². The average Bonchev–Trinajstić information content (AvgIpc) is 3.96. The topological polar surface area (TPSA) is 3.24 Å². The Morgan fingerprint density at radius 2 is 0.683 bits per heavy atom. The smallest absolute Gasteiger partial charge is 0.0726 e. The first-order valence-electron chi connectivity index (χ1n) is 22.0. The highest BCUT2D eigenvalue weighted by Gasteiger charge is 2.52. The lowest BCUT2D eigenvalue weighted by atomic mass is 9.68. The maximum absolute atomic E-state index is 2.54. The highest BCUT2D eigenvalue weighted by molar-refractivity contribution is 6.00. The summed E-state index contributed by atoms with van der Waals surface area (Å²) in [5, 5.41) is 0. The van der Waals surface area contributed by atoms with E-state index in [1.807, 2.05) is 0 Å². The molecular weight excluding hydrogens is 759 g/mol. The van der Waals surface area contributed by atoms with Crippen LogP contribution in [0.4, 0.5) is 17.1 Å². The first-order valence-corrected chi connectivity index (χ1v) is 22.0. The molecule has 1 spiro atoms. The minimum absolute atomic E-state index is 0.465. The fourth-order valence-electron chi connectivity index (χ4n) is 11.8. The molecule has 0 radical (unpaired) electrons. The molecule has 0 saturated carbocycles. The van der Waals surface area contributed by atoms with Crippen LogP contribution in [0, 0.1) is 0 Å². The molecule has 1 nitrogen and oxygen atoms in total. The summed E-state index contributed by atoms with van der Waals surface area (Å²) >= 11 is 0. The van der Waals surface area contributed by atoms with Crippen molar-refractivity contribution in [1.29, 1.82) is 0 Å². The molecule has 63 heavy (non-hydrogen) atoms. The van der Waals surface area contributed by atoms with E-state index in [4.69, 9.17) is 0 Å². The summed E-state index contributed by atoms with van der Waals surface area (Å²) in [5.41, 5.74) is 22.9. The van der Waals surface area contributed by atoms with Gasteiger partial charge in [-0.1, -0.05) is 218 Å². The minimum Gasteiger partial charge on any atom is -0.310 e. The van der Waals surface area contributed by atoms with Crippen LogP contribution >= 0.6 is 0 Å². The molecular formula is C62H41N. The summed E-state index contributed by atoms with van der Waals surface area (Å²) in [5.74, 6) is 0. The Morgan fingerprint density at radius 3 is 1.27 bits per heavy atom. The zero-order valence-electron chi connectivity index (χ0n) is 34.6. The molecule has 0 saturated heterocycles. The maximum atomic E-state index is 2.54. The van der Waals surface area contributed by atoms with E-state index >= 15 is 0 Å². The molecule has 0 unspecified atom stereocenters. The molecule has 0 N–H and O–H groups in total. The van der Waals surface area contributed by atoms with Gasteiger partial charge in [-0.15, -0.1) is 0 Å². The van der Waals surface area contributed by atoms with E-state index in [0.717, 1.165) is 17.1 Å². The number of benzene rings is 10. The van der Waals surface area contributed by atoms with Crippen LogP contribution in [0.3, 0.4) is 0 Å². The molecule has 1 heteroatoms. The number of rotatable bonds is 6. The van der Waals surface area contributed by atoms with Crippen molar-refractivity contribution in [2.24, 2.45) is 0 Å². The van der Waals surface area contributed by atoms with E-state index in [0.29, 0.717) is 0 Å². The SMILES string of the molecule is c1ccc(-c2cccc(N(c3ccc4c(c3)C3(c5ccccc5-c5ccccc53)c3ccccc3-4)c3cccc4c3-c3ccccc3C4(c3ccccc3)c3ccccc3)c2)cc1. The minimum atomic E-state index is -0.525. The molecule has 10 aromatic rings. The second-order valence-electron chi connectivity index (χ2n) is 17.1. The van der Waals surface area contributed by atoms with Crippen molar-refractivity contribution in [1.82, 2.24) is 0 Å². The zero-order valence-corrected chi connectivity index (χ0v) is 34.6. The highest BCUT2D eigenvalue weighted by Crippen LogP contribution is 2.64. The van der Waals surface area contributed by atoms with Gasteiger partial charge in [-0.25, -0.2) is 0 Å². The third-order valence-electron chi connectivity index (χ3n) is 14.2. The second kappa shape index (κ2) is 13.8. The summed E-state index contributed by atoms with van der Waals surface area (Å²) in [4.78, 5) is 2.54. The van der Waals surface area contributed by atoms with Gasteiger partial charge in [0.1, 0.15) is 0 Å². The molecule has 294 valence electrons. The first-order chi connectivity index (χ1) is 31.3. The van der Waals surface area contributed by atoms with Gasteiger partial charge in [-0.05, 0) is 114 Å². The predicted octanol–water partition coefficient (Wildman–Crippen LogP) is 15.5. The Hall–Kier alpha value is -8.00. The lowest BCUT2D eigenvalue weighted by Gasteiger charge is -2.35. The molecule has 0 aromatic heterocycles. The Balaban J connectivity index is 1.12. The van der Waals surface area contributed by atoms with Crippen molar-refractivity contribution in [3.05, 3.63) is 293 Å². The van der Waals surface area contributed by atoms with Gasteiger partial charge in [0.2, 0.25) is 0 Å². The third kappa shape index (κ3) is 4.88. The Bertz CT molecular complexity index is 3300. The van der Waals surface area contributed by atoms with Crippen LogP contribution in [-0.4, -0.2) is 0 Å². The summed E-state index contributed by atoms with van der Waals surface area (Å²) in [6.45, 7) is 0. The van der Waals surface area contributed by atoms with Crippen LogP contribution < -0.4 is 4.90 Å². The molecule has 0 aliphatic heterocycles. The highest BCUT2D eigenvalue weighted by atomic mass is 15.1. The van der Waals surface area contributed by atoms with Gasteiger partial charge in [0.25, 0.3) is 0 Å². The van der Waals surface area contributed by atoms with Crippen LogP contribution in [0.2, 0.25) is 0 Å². The molecule has 0 atom stereocenters. The van der Waals surface area contributed by atoms with Crippen LogP contribution in [0.25, 0.3) is 44.5 Å². The van der Waals surface area contributed by atoms with Crippen molar-refractivity contribution in [3.63, 3.8) is 0 Å². The van der Waals surface area contributed by atoms with Gasteiger partial charge in [0.15, 0.2) is 0 Å². The molecule has 0 amide bonds. The molecule has 0 bridgehead atoms. The van der Waals surface area contributed by atoms with E-state index in [-0.39, 0.29) is 0 Å². The lowest BCUT2D eigenvalue weighted by molar-refractivity contribution is 0.768. The van der Waals surface area contributed by atoms with Gasteiger partial charge in [-0.2, -0.15) is 0 Å². The fourth-order valence-corrected chi connectivity index (χ4v) is 11.8. The van der Waals surface area contributed by atoms with Gasteiger partial charge < -0.3 is 4.90 Å². The molecule has 0 heterocycles. The summed E-state index contributed by atoms with van der Waals surface area (Å²) in [6.07, 6.45) is 0. The molecule has 3 aliphatic carbocycles.